The number of aryl methyl sites for hydroxylation is 1. The summed E-state index contributed by atoms with van der Waals surface area (Å²) in [6.07, 6.45) is 1.81. The molecule has 2 aliphatic heterocycles. The molecular formula is C25H16BrClN4O2S. The zero-order chi connectivity index (χ0) is 23.8. The van der Waals surface area contributed by atoms with Crippen LogP contribution in [0.2, 0.25) is 5.02 Å². The van der Waals surface area contributed by atoms with E-state index in [2.05, 4.69) is 31.4 Å². The van der Waals surface area contributed by atoms with E-state index in [1.165, 1.54) is 16.7 Å². The van der Waals surface area contributed by atoms with Crippen molar-refractivity contribution in [2.75, 3.05) is 10.2 Å². The number of thioether (sulfide) groups is 1. The molecule has 6 nitrogen and oxygen atoms in total. The first-order chi connectivity index (χ1) is 16.4. The average Bonchev–Trinajstić information content (AvgIpc) is 3.28. The second-order valence-electron chi connectivity index (χ2n) is 7.62. The van der Waals surface area contributed by atoms with Crippen molar-refractivity contribution in [1.29, 1.82) is 0 Å². The summed E-state index contributed by atoms with van der Waals surface area (Å²) < 4.78 is 0.914. The monoisotopic (exact) mass is 550 g/mol. The Labute approximate surface area is 213 Å². The molecule has 0 radical (unpaired) electrons. The average molecular weight is 552 g/mol. The lowest BCUT2D eigenvalue weighted by atomic mass is 10.1. The number of benzene rings is 3. The van der Waals surface area contributed by atoms with Gasteiger partial charge in [0.1, 0.15) is 0 Å². The molecule has 2 heterocycles. The third kappa shape index (κ3) is 4.44. The van der Waals surface area contributed by atoms with Gasteiger partial charge in [-0.05, 0) is 72.8 Å². The van der Waals surface area contributed by atoms with Gasteiger partial charge < -0.3 is 5.32 Å². The highest BCUT2D eigenvalue weighted by Gasteiger charge is 2.35. The Morgan fingerprint density at radius 1 is 1.03 bits per heavy atom. The summed E-state index contributed by atoms with van der Waals surface area (Å²) in [6, 6.07) is 20.3. The first kappa shape index (κ1) is 22.6. The van der Waals surface area contributed by atoms with E-state index in [0.29, 0.717) is 32.0 Å². The number of halogens is 2. The van der Waals surface area contributed by atoms with Gasteiger partial charge in [-0.15, -0.1) is 10.2 Å². The van der Waals surface area contributed by atoms with Gasteiger partial charge in [-0.1, -0.05) is 57.4 Å². The van der Waals surface area contributed by atoms with E-state index in [-0.39, 0.29) is 17.5 Å². The summed E-state index contributed by atoms with van der Waals surface area (Å²) in [6.45, 7) is 1.98. The molecule has 0 spiro atoms. The van der Waals surface area contributed by atoms with Gasteiger partial charge in [-0.3, -0.25) is 14.5 Å². The third-order valence-electron chi connectivity index (χ3n) is 5.18. The molecule has 168 valence electrons. The van der Waals surface area contributed by atoms with Crippen LogP contribution in [0.3, 0.4) is 0 Å². The van der Waals surface area contributed by atoms with Crippen molar-refractivity contribution in [2.45, 2.75) is 6.92 Å². The van der Waals surface area contributed by atoms with E-state index in [9.17, 15) is 9.59 Å². The second-order valence-corrected chi connectivity index (χ2v) is 9.98. The van der Waals surface area contributed by atoms with Crippen LogP contribution in [0.4, 0.5) is 11.4 Å². The van der Waals surface area contributed by atoms with Crippen LogP contribution < -0.4 is 10.2 Å². The largest absolute Gasteiger partial charge is 0.320 e. The van der Waals surface area contributed by atoms with Crippen molar-refractivity contribution < 1.29 is 9.59 Å². The Bertz CT molecular complexity index is 1430. The Hall–Kier alpha value is -3.20. The van der Waals surface area contributed by atoms with Crippen LogP contribution in [0.5, 0.6) is 0 Å². The number of rotatable bonds is 3. The first-order valence-corrected chi connectivity index (χ1v) is 12.2. The van der Waals surface area contributed by atoms with Gasteiger partial charge in [-0.25, -0.2) is 0 Å². The normalized spacial score (nSPS) is 18.8. The molecule has 0 aromatic heterocycles. The summed E-state index contributed by atoms with van der Waals surface area (Å²) in [5, 5.41) is 12.2. The molecule has 3 aromatic rings. The molecule has 0 unspecified atom stereocenters. The molecule has 0 atom stereocenters. The minimum atomic E-state index is -0.372. The van der Waals surface area contributed by atoms with Crippen molar-refractivity contribution >= 4 is 79.4 Å². The maximum Gasteiger partial charge on any atom is 0.276 e. The van der Waals surface area contributed by atoms with Crippen LogP contribution in [0.25, 0.3) is 6.08 Å². The fraction of sp³-hybridized carbons (Fsp3) is 0.0400. The van der Waals surface area contributed by atoms with Crippen LogP contribution >= 0.6 is 39.3 Å². The molecule has 9 heteroatoms. The Kier molecular flexibility index (Phi) is 6.12. The van der Waals surface area contributed by atoms with Crippen LogP contribution in [0.15, 0.2) is 86.3 Å². The van der Waals surface area contributed by atoms with Gasteiger partial charge in [0, 0.05) is 15.1 Å². The van der Waals surface area contributed by atoms with E-state index in [1.54, 1.807) is 18.2 Å². The number of nitrogens with zero attached hydrogens (tertiary/aromatic N) is 3. The number of hydrogen-bond donors (Lipinski definition) is 1. The number of carbonyl (C=O) groups excluding carboxylic acids is 2. The topological polar surface area (TPSA) is 74.1 Å². The molecule has 0 aliphatic carbocycles. The molecule has 0 bridgehead atoms. The standard InChI is InChI=1S/C25H16BrClN4O2S/c1-14-5-8-18(9-6-14)31-24(33)21(12-15-3-2-4-16(26)11-15)34-25(31)30-29-22-19-13-17(27)7-10-20(19)28-23(22)32/h2-13H,1H3,(H,28,29,32). The van der Waals surface area contributed by atoms with Crippen molar-refractivity contribution in [1.82, 2.24) is 0 Å². The zero-order valence-electron chi connectivity index (χ0n) is 17.8. The summed E-state index contributed by atoms with van der Waals surface area (Å²) in [5.41, 5.74) is 3.95. The van der Waals surface area contributed by atoms with E-state index >= 15 is 0 Å². The van der Waals surface area contributed by atoms with Crippen LogP contribution in [-0.4, -0.2) is 22.7 Å². The SMILES string of the molecule is Cc1ccc(N2C(=O)C(=Cc3cccc(Br)c3)SC2=NN=C2C(=O)Nc3ccc(Cl)cc32)cc1. The number of hydrogen-bond acceptors (Lipinski definition) is 5. The van der Waals surface area contributed by atoms with Crippen molar-refractivity contribution in [3.05, 3.63) is 97.8 Å². The lowest BCUT2D eigenvalue weighted by Gasteiger charge is -2.15. The molecule has 1 N–H and O–H groups in total. The van der Waals surface area contributed by atoms with Crippen molar-refractivity contribution in [3.8, 4) is 0 Å². The van der Waals surface area contributed by atoms with E-state index in [1.807, 2.05) is 61.5 Å². The predicted octanol–water partition coefficient (Wildman–Crippen LogP) is 6.24. The lowest BCUT2D eigenvalue weighted by molar-refractivity contribution is -0.113. The lowest BCUT2D eigenvalue weighted by Crippen LogP contribution is -2.28. The Morgan fingerprint density at radius 2 is 1.82 bits per heavy atom. The Morgan fingerprint density at radius 3 is 2.59 bits per heavy atom. The fourth-order valence-corrected chi connectivity index (χ4v) is 5.05. The molecule has 2 amide bonds. The van der Waals surface area contributed by atoms with Gasteiger partial charge in [0.05, 0.1) is 16.3 Å². The molecule has 2 aliphatic rings. The number of amides is 2. The molecule has 1 saturated heterocycles. The van der Waals surface area contributed by atoms with Crippen LogP contribution in [0.1, 0.15) is 16.7 Å². The third-order valence-corrected chi connectivity index (χ3v) is 6.87. The maximum atomic E-state index is 13.4. The molecule has 3 aromatic carbocycles. The minimum absolute atomic E-state index is 0.145. The van der Waals surface area contributed by atoms with Crippen LogP contribution in [0, 0.1) is 6.92 Å². The fourth-order valence-electron chi connectivity index (χ4n) is 3.53. The summed E-state index contributed by atoms with van der Waals surface area (Å²) in [7, 11) is 0. The zero-order valence-corrected chi connectivity index (χ0v) is 20.9. The molecule has 5 rings (SSSR count). The predicted molar refractivity (Wildman–Crippen MR) is 142 cm³/mol. The van der Waals surface area contributed by atoms with Gasteiger partial charge in [0.2, 0.25) is 5.17 Å². The van der Waals surface area contributed by atoms with E-state index in [4.69, 9.17) is 11.6 Å². The Balaban J connectivity index is 1.58. The highest BCUT2D eigenvalue weighted by atomic mass is 79.9. The van der Waals surface area contributed by atoms with Crippen molar-refractivity contribution in [2.24, 2.45) is 10.2 Å². The first-order valence-electron chi connectivity index (χ1n) is 10.2. The van der Waals surface area contributed by atoms with Crippen LogP contribution in [-0.2, 0) is 9.59 Å². The number of nitrogens with one attached hydrogen (secondary N) is 1. The smallest absolute Gasteiger partial charge is 0.276 e. The maximum absolute atomic E-state index is 13.4. The molecule has 34 heavy (non-hydrogen) atoms. The quantitative estimate of drug-likeness (QED) is 0.309. The molecule has 0 saturated carbocycles. The number of carbonyl (C=O) groups is 2. The molecule has 1 fully saturated rings. The highest BCUT2D eigenvalue weighted by Crippen LogP contribution is 2.37. The number of fused-ring (bicyclic) bond motifs is 1. The minimum Gasteiger partial charge on any atom is -0.320 e. The van der Waals surface area contributed by atoms with Gasteiger partial charge in [-0.2, -0.15) is 0 Å². The van der Waals surface area contributed by atoms with E-state index < -0.39 is 0 Å². The summed E-state index contributed by atoms with van der Waals surface area (Å²) in [4.78, 5) is 27.9. The summed E-state index contributed by atoms with van der Waals surface area (Å²) in [5.74, 6) is -0.588. The summed E-state index contributed by atoms with van der Waals surface area (Å²) >= 11 is 10.8. The van der Waals surface area contributed by atoms with Gasteiger partial charge >= 0.3 is 0 Å². The van der Waals surface area contributed by atoms with E-state index in [0.717, 1.165) is 15.6 Å². The molecular weight excluding hydrogens is 536 g/mol. The second kappa shape index (κ2) is 9.21. The number of anilines is 2. The van der Waals surface area contributed by atoms with Crippen molar-refractivity contribution in [3.63, 3.8) is 0 Å². The highest BCUT2D eigenvalue weighted by molar-refractivity contribution is 9.10. The van der Waals surface area contributed by atoms with Gasteiger partial charge in [0.25, 0.3) is 11.8 Å². The number of amidine groups is 1. The van der Waals surface area contributed by atoms with Gasteiger partial charge in [0.15, 0.2) is 5.71 Å².